The SMILES string of the molecule is CCOc1cc2nccc(I)c2c(OC)c1OCC. The average molecular weight is 373 g/mol. The maximum atomic E-state index is 5.69. The topological polar surface area (TPSA) is 40.6 Å². The van der Waals surface area contributed by atoms with Gasteiger partial charge >= 0.3 is 0 Å². The number of halogens is 1. The van der Waals surface area contributed by atoms with Gasteiger partial charge in [-0.15, -0.1) is 0 Å². The molecule has 1 aromatic carbocycles. The van der Waals surface area contributed by atoms with Crippen LogP contribution in [-0.2, 0) is 0 Å². The van der Waals surface area contributed by atoms with E-state index in [1.165, 1.54) is 0 Å². The number of pyridine rings is 1. The molecule has 1 aromatic heterocycles. The highest BCUT2D eigenvalue weighted by atomic mass is 127. The van der Waals surface area contributed by atoms with Gasteiger partial charge in [-0.25, -0.2) is 0 Å². The Morgan fingerprint density at radius 2 is 1.89 bits per heavy atom. The van der Waals surface area contributed by atoms with Crippen LogP contribution in [0.3, 0.4) is 0 Å². The van der Waals surface area contributed by atoms with Gasteiger partial charge in [0.15, 0.2) is 11.5 Å². The van der Waals surface area contributed by atoms with Crippen LogP contribution in [0.25, 0.3) is 10.9 Å². The summed E-state index contributed by atoms with van der Waals surface area (Å²) in [6.45, 7) is 5.00. The summed E-state index contributed by atoms with van der Waals surface area (Å²) in [7, 11) is 1.64. The number of hydrogen-bond donors (Lipinski definition) is 0. The van der Waals surface area contributed by atoms with E-state index in [4.69, 9.17) is 14.2 Å². The Morgan fingerprint density at radius 3 is 2.53 bits per heavy atom. The first-order valence-electron chi connectivity index (χ1n) is 6.13. The zero-order chi connectivity index (χ0) is 13.8. The molecule has 0 saturated carbocycles. The van der Waals surface area contributed by atoms with Crippen molar-refractivity contribution >= 4 is 33.5 Å². The zero-order valence-corrected chi connectivity index (χ0v) is 13.4. The van der Waals surface area contributed by atoms with E-state index in [0.29, 0.717) is 30.5 Å². The number of nitrogens with zero attached hydrogens (tertiary/aromatic N) is 1. The van der Waals surface area contributed by atoms with E-state index in [1.807, 2.05) is 26.0 Å². The van der Waals surface area contributed by atoms with Crippen LogP contribution in [0, 0.1) is 3.57 Å². The van der Waals surface area contributed by atoms with Gasteiger partial charge in [0.05, 0.1) is 31.2 Å². The summed E-state index contributed by atoms with van der Waals surface area (Å²) in [5.74, 6) is 1.99. The van der Waals surface area contributed by atoms with Crippen molar-refractivity contribution in [3.05, 3.63) is 21.9 Å². The molecular formula is C14H16INO3. The van der Waals surface area contributed by atoms with Crippen LogP contribution in [0.2, 0.25) is 0 Å². The third-order valence-electron chi connectivity index (χ3n) is 2.65. The summed E-state index contributed by atoms with van der Waals surface area (Å²) in [4.78, 5) is 4.37. The predicted molar refractivity (Wildman–Crippen MR) is 83.4 cm³/mol. The number of aromatic nitrogens is 1. The van der Waals surface area contributed by atoms with Gasteiger partial charge in [0.25, 0.3) is 0 Å². The molecule has 4 nitrogen and oxygen atoms in total. The van der Waals surface area contributed by atoms with Gasteiger partial charge < -0.3 is 14.2 Å². The molecule has 102 valence electrons. The summed E-state index contributed by atoms with van der Waals surface area (Å²) in [6.07, 6.45) is 1.78. The fourth-order valence-electron chi connectivity index (χ4n) is 1.94. The van der Waals surface area contributed by atoms with Crippen molar-refractivity contribution < 1.29 is 14.2 Å². The smallest absolute Gasteiger partial charge is 0.204 e. The molecular weight excluding hydrogens is 357 g/mol. The summed E-state index contributed by atoms with van der Waals surface area (Å²) in [5, 5.41) is 0.956. The highest BCUT2D eigenvalue weighted by molar-refractivity contribution is 14.1. The Balaban J connectivity index is 2.77. The standard InChI is InChI=1S/C14H16INO3/c1-4-18-11-8-10-12(9(15)6-7-16-10)14(17-3)13(11)19-5-2/h6-8H,4-5H2,1-3H3. The molecule has 5 heteroatoms. The van der Waals surface area contributed by atoms with Crippen molar-refractivity contribution in [3.8, 4) is 17.2 Å². The molecule has 0 saturated heterocycles. The van der Waals surface area contributed by atoms with Crippen molar-refractivity contribution in [3.63, 3.8) is 0 Å². The fourth-order valence-corrected chi connectivity index (χ4v) is 2.62. The van der Waals surface area contributed by atoms with E-state index in [0.717, 1.165) is 14.5 Å². The molecule has 0 N–H and O–H groups in total. The molecule has 0 unspecified atom stereocenters. The van der Waals surface area contributed by atoms with Crippen LogP contribution < -0.4 is 14.2 Å². The van der Waals surface area contributed by atoms with Crippen LogP contribution in [0.1, 0.15) is 13.8 Å². The molecule has 2 rings (SSSR count). The Bertz CT molecular complexity index is 586. The molecule has 0 bridgehead atoms. The van der Waals surface area contributed by atoms with Gasteiger partial charge in [-0.2, -0.15) is 0 Å². The Kier molecular flexibility index (Phi) is 4.68. The minimum Gasteiger partial charge on any atom is -0.492 e. The molecule has 0 spiro atoms. The number of ether oxygens (including phenoxy) is 3. The zero-order valence-electron chi connectivity index (χ0n) is 11.2. The monoisotopic (exact) mass is 373 g/mol. The quantitative estimate of drug-likeness (QED) is 0.751. The highest BCUT2D eigenvalue weighted by Gasteiger charge is 2.19. The Labute approximate surface area is 126 Å². The summed E-state index contributed by atoms with van der Waals surface area (Å²) >= 11 is 2.27. The van der Waals surface area contributed by atoms with Crippen LogP contribution in [-0.4, -0.2) is 25.3 Å². The molecule has 0 aliphatic carbocycles. The second kappa shape index (κ2) is 6.27. The summed E-state index contributed by atoms with van der Waals surface area (Å²) < 4.78 is 17.9. The number of benzene rings is 1. The lowest BCUT2D eigenvalue weighted by atomic mass is 10.1. The molecule has 0 fully saturated rings. The summed E-state index contributed by atoms with van der Waals surface area (Å²) in [6, 6.07) is 3.84. The van der Waals surface area contributed by atoms with Crippen LogP contribution in [0.4, 0.5) is 0 Å². The second-order valence-corrected chi connectivity index (χ2v) is 4.95. The van der Waals surface area contributed by atoms with Crippen LogP contribution >= 0.6 is 22.6 Å². The molecule has 0 amide bonds. The third kappa shape index (κ3) is 2.70. The van der Waals surface area contributed by atoms with E-state index in [2.05, 4.69) is 27.6 Å². The minimum atomic E-state index is 0.554. The van der Waals surface area contributed by atoms with E-state index in [9.17, 15) is 0 Å². The maximum Gasteiger partial charge on any atom is 0.204 e. The predicted octanol–water partition coefficient (Wildman–Crippen LogP) is 3.65. The van der Waals surface area contributed by atoms with E-state index >= 15 is 0 Å². The molecule has 0 radical (unpaired) electrons. The lowest BCUT2D eigenvalue weighted by Crippen LogP contribution is -2.02. The first kappa shape index (κ1) is 14.2. The third-order valence-corrected chi connectivity index (χ3v) is 3.55. The average Bonchev–Trinajstić information content (AvgIpc) is 2.40. The first-order valence-corrected chi connectivity index (χ1v) is 7.21. The van der Waals surface area contributed by atoms with Gasteiger partial charge in [0, 0.05) is 15.8 Å². The van der Waals surface area contributed by atoms with E-state index in [-0.39, 0.29) is 0 Å². The van der Waals surface area contributed by atoms with E-state index in [1.54, 1.807) is 13.3 Å². The lowest BCUT2D eigenvalue weighted by molar-refractivity contribution is 0.273. The van der Waals surface area contributed by atoms with Crippen LogP contribution in [0.15, 0.2) is 18.3 Å². The van der Waals surface area contributed by atoms with E-state index < -0.39 is 0 Å². The van der Waals surface area contributed by atoms with Crippen molar-refractivity contribution in [2.75, 3.05) is 20.3 Å². The van der Waals surface area contributed by atoms with Gasteiger partial charge in [0.1, 0.15) is 0 Å². The molecule has 0 atom stereocenters. The van der Waals surface area contributed by atoms with Gasteiger partial charge in [0.2, 0.25) is 5.75 Å². The van der Waals surface area contributed by atoms with Crippen molar-refractivity contribution in [1.29, 1.82) is 0 Å². The van der Waals surface area contributed by atoms with Gasteiger partial charge in [-0.3, -0.25) is 4.98 Å². The van der Waals surface area contributed by atoms with Crippen molar-refractivity contribution in [2.24, 2.45) is 0 Å². The minimum absolute atomic E-state index is 0.554. The molecule has 19 heavy (non-hydrogen) atoms. The largest absolute Gasteiger partial charge is 0.492 e. The van der Waals surface area contributed by atoms with Crippen molar-refractivity contribution in [2.45, 2.75) is 13.8 Å². The number of fused-ring (bicyclic) bond motifs is 1. The maximum absolute atomic E-state index is 5.69. The number of methoxy groups -OCH3 is 1. The highest BCUT2D eigenvalue weighted by Crippen LogP contribution is 2.44. The van der Waals surface area contributed by atoms with Gasteiger partial charge in [-0.05, 0) is 42.5 Å². The number of rotatable bonds is 5. The molecule has 0 aliphatic heterocycles. The number of hydrogen-bond acceptors (Lipinski definition) is 4. The van der Waals surface area contributed by atoms with Gasteiger partial charge in [-0.1, -0.05) is 0 Å². The Hall–Kier alpha value is -1.24. The Morgan fingerprint density at radius 1 is 1.16 bits per heavy atom. The summed E-state index contributed by atoms with van der Waals surface area (Å²) in [5.41, 5.74) is 0.843. The fraction of sp³-hybridized carbons (Fsp3) is 0.357. The molecule has 0 aliphatic rings. The first-order chi connectivity index (χ1) is 9.22. The van der Waals surface area contributed by atoms with Crippen molar-refractivity contribution in [1.82, 2.24) is 4.98 Å². The second-order valence-electron chi connectivity index (χ2n) is 3.79. The lowest BCUT2D eigenvalue weighted by Gasteiger charge is -2.17. The molecule has 2 aromatic rings. The normalized spacial score (nSPS) is 10.5. The molecule has 1 heterocycles. The van der Waals surface area contributed by atoms with Crippen LogP contribution in [0.5, 0.6) is 17.2 Å².